The number of fused-ring (bicyclic) bond motifs is 1. The van der Waals surface area contributed by atoms with Crippen molar-refractivity contribution in [3.8, 4) is 5.88 Å². The summed E-state index contributed by atoms with van der Waals surface area (Å²) >= 11 is 7.50. The van der Waals surface area contributed by atoms with Crippen LogP contribution in [-0.4, -0.2) is 17.1 Å². The van der Waals surface area contributed by atoms with E-state index in [4.69, 9.17) is 16.3 Å². The van der Waals surface area contributed by atoms with Crippen LogP contribution in [0.4, 0.5) is 0 Å². The molecule has 1 aromatic rings. The molecule has 0 fully saturated rings. The van der Waals surface area contributed by atoms with Gasteiger partial charge in [-0.3, -0.25) is 0 Å². The average Bonchev–Trinajstić information content (AvgIpc) is 2.50. The second-order valence-corrected chi connectivity index (χ2v) is 3.74. The van der Waals surface area contributed by atoms with E-state index in [2.05, 4.69) is 9.97 Å². The highest BCUT2D eigenvalue weighted by atomic mass is 35.5. The molecule has 0 atom stereocenters. The summed E-state index contributed by atoms with van der Waals surface area (Å²) in [5.74, 6) is 2.46. The number of thioether (sulfide) groups is 1. The highest BCUT2D eigenvalue weighted by Gasteiger charge is 2.19. The molecule has 2 heterocycles. The fourth-order valence-corrected chi connectivity index (χ4v) is 2.37. The summed E-state index contributed by atoms with van der Waals surface area (Å²) in [6, 6.07) is 0. The van der Waals surface area contributed by atoms with Crippen LogP contribution in [0.5, 0.6) is 5.88 Å². The van der Waals surface area contributed by atoms with Crippen LogP contribution in [0.25, 0.3) is 0 Å². The molecule has 0 N–H and O–H groups in total. The van der Waals surface area contributed by atoms with Gasteiger partial charge >= 0.3 is 0 Å². The first-order valence-electron chi connectivity index (χ1n) is 3.48. The molecule has 0 bridgehead atoms. The third-order valence-electron chi connectivity index (χ3n) is 1.71. The first kappa shape index (κ1) is 8.13. The second kappa shape index (κ2) is 3.11. The highest BCUT2D eigenvalue weighted by Crippen LogP contribution is 2.34. The third-order valence-corrected chi connectivity index (χ3v) is 2.85. The Bertz CT molecular complexity index is 319. The lowest BCUT2D eigenvalue weighted by Gasteiger charge is -2.03. The topological polar surface area (TPSA) is 35.0 Å². The molecule has 0 amide bonds. The van der Waals surface area contributed by atoms with Crippen molar-refractivity contribution in [1.29, 1.82) is 0 Å². The number of hydrogen-bond acceptors (Lipinski definition) is 4. The summed E-state index contributed by atoms with van der Waals surface area (Å²) in [6.07, 6.45) is 0. The van der Waals surface area contributed by atoms with Gasteiger partial charge in [0.2, 0.25) is 11.2 Å². The second-order valence-electron chi connectivity index (χ2n) is 2.42. The van der Waals surface area contributed by atoms with Crippen molar-refractivity contribution in [3.63, 3.8) is 0 Å². The van der Waals surface area contributed by atoms with E-state index in [9.17, 15) is 0 Å². The summed E-state index contributed by atoms with van der Waals surface area (Å²) in [5, 5.41) is 0.271. The van der Waals surface area contributed by atoms with E-state index in [1.165, 1.54) is 0 Å². The van der Waals surface area contributed by atoms with Crippen molar-refractivity contribution < 1.29 is 4.74 Å². The summed E-state index contributed by atoms with van der Waals surface area (Å²) < 4.78 is 5.09. The van der Waals surface area contributed by atoms with E-state index in [1.807, 2.05) is 0 Å². The maximum atomic E-state index is 5.70. The molecule has 3 nitrogen and oxygen atoms in total. The molecule has 0 unspecified atom stereocenters. The summed E-state index contributed by atoms with van der Waals surface area (Å²) in [6.45, 7) is 0. The van der Waals surface area contributed by atoms with E-state index in [0.29, 0.717) is 5.88 Å². The Balaban J connectivity index is 2.55. The maximum Gasteiger partial charge on any atom is 0.225 e. The lowest BCUT2D eigenvalue weighted by Crippen LogP contribution is -1.98. The van der Waals surface area contributed by atoms with Gasteiger partial charge in [-0.05, 0) is 11.6 Å². The monoisotopic (exact) mass is 202 g/mol. The summed E-state index contributed by atoms with van der Waals surface area (Å²) in [4.78, 5) is 8.10. The van der Waals surface area contributed by atoms with Crippen molar-refractivity contribution in [2.75, 3.05) is 7.11 Å². The van der Waals surface area contributed by atoms with Crippen LogP contribution in [0.3, 0.4) is 0 Å². The van der Waals surface area contributed by atoms with Crippen LogP contribution in [0, 0.1) is 0 Å². The van der Waals surface area contributed by atoms with Crippen LogP contribution in [0.2, 0.25) is 5.28 Å². The Morgan fingerprint density at radius 3 is 3.00 bits per heavy atom. The first-order valence-corrected chi connectivity index (χ1v) is 5.01. The van der Waals surface area contributed by atoms with E-state index in [-0.39, 0.29) is 5.28 Å². The summed E-state index contributed by atoms with van der Waals surface area (Å²) in [7, 11) is 1.60. The minimum atomic E-state index is 0.271. The zero-order valence-electron chi connectivity index (χ0n) is 6.50. The fraction of sp³-hybridized carbons (Fsp3) is 0.429. The number of aromatic nitrogens is 2. The molecular weight excluding hydrogens is 196 g/mol. The standard InChI is InChI=1S/C7H7ClN2OS/c1-11-6-4-2-12-3-5(4)9-7(8)10-6/h2-3H2,1H3. The number of rotatable bonds is 1. The van der Waals surface area contributed by atoms with Crippen molar-refractivity contribution >= 4 is 23.4 Å². The maximum absolute atomic E-state index is 5.70. The fourth-order valence-electron chi connectivity index (χ4n) is 1.16. The minimum Gasteiger partial charge on any atom is -0.481 e. The van der Waals surface area contributed by atoms with Gasteiger partial charge in [0.1, 0.15) is 0 Å². The Morgan fingerprint density at radius 1 is 1.42 bits per heavy atom. The highest BCUT2D eigenvalue weighted by molar-refractivity contribution is 7.98. The van der Waals surface area contributed by atoms with E-state index in [0.717, 1.165) is 22.8 Å². The number of ether oxygens (including phenoxy) is 1. The zero-order valence-corrected chi connectivity index (χ0v) is 8.08. The summed E-state index contributed by atoms with van der Waals surface area (Å²) in [5.41, 5.74) is 2.10. The SMILES string of the molecule is COc1nc(Cl)nc2c1CSC2. The number of halogens is 1. The zero-order chi connectivity index (χ0) is 8.55. The predicted molar refractivity (Wildman–Crippen MR) is 48.6 cm³/mol. The third kappa shape index (κ3) is 1.25. The van der Waals surface area contributed by atoms with Crippen molar-refractivity contribution in [1.82, 2.24) is 9.97 Å². The van der Waals surface area contributed by atoms with Crippen LogP contribution in [-0.2, 0) is 11.5 Å². The van der Waals surface area contributed by atoms with Gasteiger partial charge in [0.15, 0.2) is 0 Å². The smallest absolute Gasteiger partial charge is 0.225 e. The molecule has 0 saturated carbocycles. The molecule has 5 heteroatoms. The molecule has 1 aliphatic heterocycles. The van der Waals surface area contributed by atoms with Crippen LogP contribution < -0.4 is 4.74 Å². The average molecular weight is 203 g/mol. The van der Waals surface area contributed by atoms with Crippen LogP contribution in [0.15, 0.2) is 0 Å². The Labute approximate surface area is 79.5 Å². The van der Waals surface area contributed by atoms with Gasteiger partial charge in [0.25, 0.3) is 0 Å². The molecular formula is C7H7ClN2OS. The molecule has 2 rings (SSSR count). The Morgan fingerprint density at radius 2 is 2.25 bits per heavy atom. The van der Waals surface area contributed by atoms with Gasteiger partial charge in [-0.15, -0.1) is 0 Å². The molecule has 0 aliphatic carbocycles. The van der Waals surface area contributed by atoms with Crippen LogP contribution in [0.1, 0.15) is 11.3 Å². The Hall–Kier alpha value is -0.480. The van der Waals surface area contributed by atoms with Gasteiger partial charge in [0.05, 0.1) is 12.8 Å². The largest absolute Gasteiger partial charge is 0.481 e. The Kier molecular flexibility index (Phi) is 2.11. The van der Waals surface area contributed by atoms with E-state index in [1.54, 1.807) is 18.9 Å². The number of hydrogen-bond donors (Lipinski definition) is 0. The van der Waals surface area contributed by atoms with Crippen molar-refractivity contribution in [2.24, 2.45) is 0 Å². The number of nitrogens with zero attached hydrogens (tertiary/aromatic N) is 2. The molecule has 64 valence electrons. The van der Waals surface area contributed by atoms with Gasteiger partial charge < -0.3 is 4.74 Å². The minimum absolute atomic E-state index is 0.271. The first-order chi connectivity index (χ1) is 5.81. The van der Waals surface area contributed by atoms with Crippen molar-refractivity contribution in [3.05, 3.63) is 16.5 Å². The van der Waals surface area contributed by atoms with Crippen LogP contribution >= 0.6 is 23.4 Å². The van der Waals surface area contributed by atoms with Crippen molar-refractivity contribution in [2.45, 2.75) is 11.5 Å². The van der Waals surface area contributed by atoms with Gasteiger partial charge in [-0.2, -0.15) is 16.7 Å². The molecule has 0 saturated heterocycles. The lowest BCUT2D eigenvalue weighted by molar-refractivity contribution is 0.392. The quantitative estimate of drug-likeness (QED) is 0.652. The van der Waals surface area contributed by atoms with E-state index >= 15 is 0 Å². The molecule has 1 aromatic heterocycles. The number of methoxy groups -OCH3 is 1. The molecule has 0 aromatic carbocycles. The lowest BCUT2D eigenvalue weighted by atomic mass is 10.3. The van der Waals surface area contributed by atoms with Gasteiger partial charge in [0, 0.05) is 17.1 Å². The van der Waals surface area contributed by atoms with E-state index < -0.39 is 0 Å². The molecule has 1 aliphatic rings. The molecule has 0 spiro atoms. The normalized spacial score (nSPS) is 14.5. The predicted octanol–water partition coefficient (Wildman–Crippen LogP) is 1.89. The van der Waals surface area contributed by atoms with Gasteiger partial charge in [-0.25, -0.2) is 4.98 Å². The van der Waals surface area contributed by atoms with Gasteiger partial charge in [-0.1, -0.05) is 0 Å². The molecule has 12 heavy (non-hydrogen) atoms. The molecule has 0 radical (unpaired) electrons.